The Morgan fingerprint density at radius 1 is 1.37 bits per heavy atom. The van der Waals surface area contributed by atoms with Crippen molar-refractivity contribution in [3.8, 4) is 0 Å². The van der Waals surface area contributed by atoms with Crippen molar-refractivity contribution in [1.82, 2.24) is 5.32 Å². The van der Waals surface area contributed by atoms with E-state index in [-0.39, 0.29) is 6.03 Å². The van der Waals surface area contributed by atoms with E-state index in [2.05, 4.69) is 29.7 Å². The van der Waals surface area contributed by atoms with Gasteiger partial charge < -0.3 is 10.6 Å². The Bertz CT molecular complexity index is 453. The third kappa shape index (κ3) is 3.00. The fourth-order valence-corrected chi connectivity index (χ4v) is 2.65. The van der Waals surface area contributed by atoms with Crippen LogP contribution in [0, 0.1) is 5.92 Å². The molecule has 2 fully saturated rings. The van der Waals surface area contributed by atoms with E-state index in [1.807, 2.05) is 12.1 Å². The Kier molecular flexibility index (Phi) is 3.32. The molecule has 1 aliphatic carbocycles. The Labute approximate surface area is 114 Å². The lowest BCUT2D eigenvalue weighted by Crippen LogP contribution is -2.27. The molecule has 19 heavy (non-hydrogen) atoms. The van der Waals surface area contributed by atoms with E-state index >= 15 is 0 Å². The maximum absolute atomic E-state index is 11.6. The number of carbonyl (C=O) groups excluding carboxylic acids is 1. The van der Waals surface area contributed by atoms with Crippen molar-refractivity contribution in [1.29, 1.82) is 0 Å². The van der Waals surface area contributed by atoms with Crippen LogP contribution >= 0.6 is 0 Å². The summed E-state index contributed by atoms with van der Waals surface area (Å²) in [5, 5.41) is 6.34. The molecule has 0 spiro atoms. The summed E-state index contributed by atoms with van der Waals surface area (Å²) in [5.74, 6) is 0.940. The Morgan fingerprint density at radius 2 is 2.11 bits per heavy atom. The van der Waals surface area contributed by atoms with Gasteiger partial charge in [-0.25, -0.2) is 4.79 Å². The zero-order valence-corrected chi connectivity index (χ0v) is 11.4. The summed E-state index contributed by atoms with van der Waals surface area (Å²) in [6, 6.07) is 8.67. The van der Waals surface area contributed by atoms with Crippen molar-refractivity contribution in [2.75, 3.05) is 23.3 Å². The van der Waals surface area contributed by atoms with Crippen LogP contribution < -0.4 is 15.5 Å². The zero-order chi connectivity index (χ0) is 13.2. The van der Waals surface area contributed by atoms with Crippen LogP contribution in [-0.2, 0) is 0 Å². The van der Waals surface area contributed by atoms with E-state index < -0.39 is 0 Å². The predicted molar refractivity (Wildman–Crippen MR) is 77.6 cm³/mol. The van der Waals surface area contributed by atoms with Crippen LogP contribution in [0.2, 0.25) is 0 Å². The highest BCUT2D eigenvalue weighted by molar-refractivity contribution is 5.94. The van der Waals surface area contributed by atoms with Gasteiger partial charge in [0.15, 0.2) is 0 Å². The van der Waals surface area contributed by atoms with Crippen LogP contribution in [0.25, 0.3) is 0 Å². The fourth-order valence-electron chi connectivity index (χ4n) is 2.65. The Morgan fingerprint density at radius 3 is 2.68 bits per heavy atom. The summed E-state index contributed by atoms with van der Waals surface area (Å²) < 4.78 is 0. The van der Waals surface area contributed by atoms with E-state index in [1.165, 1.54) is 19.3 Å². The first-order valence-electron chi connectivity index (χ1n) is 7.14. The van der Waals surface area contributed by atoms with Crippen LogP contribution in [0.3, 0.4) is 0 Å². The van der Waals surface area contributed by atoms with Gasteiger partial charge in [-0.15, -0.1) is 0 Å². The fraction of sp³-hybridized carbons (Fsp3) is 0.533. The summed E-state index contributed by atoms with van der Waals surface area (Å²) in [5.41, 5.74) is 2.10. The van der Waals surface area contributed by atoms with E-state index in [9.17, 15) is 4.79 Å². The van der Waals surface area contributed by atoms with Crippen LogP contribution in [0.1, 0.15) is 26.2 Å². The highest BCUT2D eigenvalue weighted by Gasteiger charge is 2.23. The minimum atomic E-state index is 0.00260. The number of hydrogen-bond donors (Lipinski definition) is 2. The maximum Gasteiger partial charge on any atom is 0.321 e. The van der Waals surface area contributed by atoms with Crippen molar-refractivity contribution in [2.45, 2.75) is 32.2 Å². The number of urea groups is 1. The highest BCUT2D eigenvalue weighted by Crippen LogP contribution is 2.34. The second-order valence-corrected chi connectivity index (χ2v) is 5.65. The average molecular weight is 259 g/mol. The lowest BCUT2D eigenvalue weighted by atomic mass is 10.1. The average Bonchev–Trinajstić information content (AvgIpc) is 3.10. The normalized spacial score (nSPS) is 20.3. The van der Waals surface area contributed by atoms with E-state index in [4.69, 9.17) is 0 Å². The number of benzene rings is 1. The number of nitrogens with zero attached hydrogens (tertiary/aromatic N) is 1. The Hall–Kier alpha value is -1.71. The second kappa shape index (κ2) is 5.11. The molecule has 0 unspecified atom stereocenters. The lowest BCUT2D eigenvalue weighted by molar-refractivity contribution is 0.252. The molecule has 0 aromatic heterocycles. The van der Waals surface area contributed by atoms with E-state index in [0.29, 0.717) is 6.04 Å². The molecule has 102 valence electrons. The van der Waals surface area contributed by atoms with Crippen LogP contribution in [-0.4, -0.2) is 25.2 Å². The minimum Gasteiger partial charge on any atom is -0.383 e. The molecule has 0 bridgehead atoms. The molecular formula is C15H21N3O. The van der Waals surface area contributed by atoms with Crippen molar-refractivity contribution in [2.24, 2.45) is 5.92 Å². The first-order valence-corrected chi connectivity index (χ1v) is 7.14. The minimum absolute atomic E-state index is 0.00260. The summed E-state index contributed by atoms with van der Waals surface area (Å²) in [6.07, 6.45) is 4.06. The summed E-state index contributed by atoms with van der Waals surface area (Å²) >= 11 is 0. The number of rotatable bonds is 5. The summed E-state index contributed by atoms with van der Waals surface area (Å²) in [4.78, 5) is 13.3. The molecule has 1 atom stereocenters. The third-order valence-electron chi connectivity index (χ3n) is 3.83. The number of anilines is 2. The molecule has 2 N–H and O–H groups in total. The molecule has 1 saturated heterocycles. The highest BCUT2D eigenvalue weighted by atomic mass is 16.2. The standard InChI is InChI=1S/C15H21N3O/c1-11(10-12-2-3-12)17-13-4-6-14(7-5-13)18-9-8-16-15(18)19/h4-7,11-12,17H,2-3,8-10H2,1H3,(H,16,19)/t11-/m0/s1. The van der Waals surface area contributed by atoms with E-state index in [0.717, 1.165) is 30.4 Å². The largest absolute Gasteiger partial charge is 0.383 e. The number of amides is 2. The Balaban J connectivity index is 1.59. The van der Waals surface area contributed by atoms with Gasteiger partial charge in [0.05, 0.1) is 0 Å². The number of hydrogen-bond acceptors (Lipinski definition) is 2. The molecule has 2 aliphatic rings. The number of nitrogens with one attached hydrogen (secondary N) is 2. The van der Waals surface area contributed by atoms with Gasteiger partial charge >= 0.3 is 6.03 Å². The van der Waals surface area contributed by atoms with Gasteiger partial charge in [0.2, 0.25) is 0 Å². The van der Waals surface area contributed by atoms with Gasteiger partial charge in [-0.05, 0) is 43.5 Å². The predicted octanol–water partition coefficient (Wildman–Crippen LogP) is 2.82. The van der Waals surface area contributed by atoms with Gasteiger partial charge in [0.1, 0.15) is 0 Å². The topological polar surface area (TPSA) is 44.4 Å². The molecule has 1 saturated carbocycles. The van der Waals surface area contributed by atoms with Crippen LogP contribution in [0.4, 0.5) is 16.2 Å². The van der Waals surface area contributed by atoms with Crippen LogP contribution in [0.15, 0.2) is 24.3 Å². The van der Waals surface area contributed by atoms with Gasteiger partial charge in [0, 0.05) is 30.5 Å². The molecule has 4 heteroatoms. The quantitative estimate of drug-likeness (QED) is 0.854. The second-order valence-electron chi connectivity index (χ2n) is 5.65. The molecule has 1 aliphatic heterocycles. The van der Waals surface area contributed by atoms with Gasteiger partial charge in [-0.2, -0.15) is 0 Å². The maximum atomic E-state index is 11.6. The molecule has 3 rings (SSSR count). The SMILES string of the molecule is C[C@@H](CC1CC1)Nc1ccc(N2CCNC2=O)cc1. The van der Waals surface area contributed by atoms with Gasteiger partial charge in [0.25, 0.3) is 0 Å². The van der Waals surface area contributed by atoms with Crippen molar-refractivity contribution in [3.05, 3.63) is 24.3 Å². The lowest BCUT2D eigenvalue weighted by Gasteiger charge is -2.17. The van der Waals surface area contributed by atoms with Crippen LogP contribution in [0.5, 0.6) is 0 Å². The van der Waals surface area contributed by atoms with Crippen molar-refractivity contribution >= 4 is 17.4 Å². The molecule has 2 amide bonds. The smallest absolute Gasteiger partial charge is 0.321 e. The summed E-state index contributed by atoms with van der Waals surface area (Å²) in [7, 11) is 0. The zero-order valence-electron chi connectivity index (χ0n) is 11.4. The van der Waals surface area contributed by atoms with Crippen molar-refractivity contribution in [3.63, 3.8) is 0 Å². The molecule has 1 aromatic rings. The number of carbonyl (C=O) groups is 1. The van der Waals surface area contributed by atoms with Gasteiger partial charge in [-0.3, -0.25) is 4.90 Å². The van der Waals surface area contributed by atoms with Crippen molar-refractivity contribution < 1.29 is 4.79 Å². The molecule has 0 radical (unpaired) electrons. The van der Waals surface area contributed by atoms with E-state index in [1.54, 1.807) is 4.90 Å². The summed E-state index contributed by atoms with van der Waals surface area (Å²) in [6.45, 7) is 3.72. The van der Waals surface area contributed by atoms with Gasteiger partial charge in [-0.1, -0.05) is 12.8 Å². The molecule has 1 heterocycles. The first-order chi connectivity index (χ1) is 9.22. The first kappa shape index (κ1) is 12.3. The molecule has 4 nitrogen and oxygen atoms in total. The monoisotopic (exact) mass is 259 g/mol. The third-order valence-corrected chi connectivity index (χ3v) is 3.83. The molecular weight excluding hydrogens is 238 g/mol. The molecule has 1 aromatic carbocycles.